The fourth-order valence-electron chi connectivity index (χ4n) is 3.46. The zero-order valence-corrected chi connectivity index (χ0v) is 14.7. The molecule has 2 heteroatoms. The lowest BCUT2D eigenvalue weighted by Gasteiger charge is -2.24. The number of hydrogen-bond acceptors (Lipinski definition) is 2. The zero-order valence-electron chi connectivity index (χ0n) is 14.7. The van der Waals surface area contributed by atoms with E-state index in [4.69, 9.17) is 4.74 Å². The van der Waals surface area contributed by atoms with Crippen molar-refractivity contribution in [3.05, 3.63) is 53.6 Å². The number of benzene rings is 2. The van der Waals surface area contributed by atoms with Gasteiger partial charge in [0.1, 0.15) is 5.75 Å². The second-order valence-electron chi connectivity index (χ2n) is 6.75. The number of rotatable bonds is 5. The van der Waals surface area contributed by atoms with Gasteiger partial charge in [0.15, 0.2) is 0 Å². The van der Waals surface area contributed by atoms with Gasteiger partial charge in [-0.3, -0.25) is 4.79 Å². The summed E-state index contributed by atoms with van der Waals surface area (Å²) in [6, 6.07) is 14.7. The third-order valence-corrected chi connectivity index (χ3v) is 4.99. The molecule has 1 unspecified atom stereocenters. The van der Waals surface area contributed by atoms with Crippen molar-refractivity contribution in [2.45, 2.75) is 52.4 Å². The van der Waals surface area contributed by atoms with Gasteiger partial charge >= 0.3 is 5.97 Å². The molecule has 1 aliphatic rings. The van der Waals surface area contributed by atoms with Gasteiger partial charge in [0, 0.05) is 6.42 Å². The fourth-order valence-corrected chi connectivity index (χ4v) is 3.46. The minimum absolute atomic E-state index is 0.162. The Morgan fingerprint density at radius 2 is 1.79 bits per heavy atom. The van der Waals surface area contributed by atoms with E-state index in [1.54, 1.807) is 0 Å². The van der Waals surface area contributed by atoms with Crippen molar-refractivity contribution in [2.75, 3.05) is 0 Å². The van der Waals surface area contributed by atoms with E-state index in [1.807, 2.05) is 31.2 Å². The molecule has 3 rings (SSSR count). The van der Waals surface area contributed by atoms with Crippen molar-refractivity contribution < 1.29 is 9.53 Å². The smallest absolute Gasteiger partial charge is 0.311 e. The van der Waals surface area contributed by atoms with Crippen LogP contribution < -0.4 is 4.74 Å². The molecule has 126 valence electrons. The third-order valence-electron chi connectivity index (χ3n) is 4.99. The van der Waals surface area contributed by atoms with Gasteiger partial charge in [-0.25, -0.2) is 0 Å². The molecule has 1 atom stereocenters. The second-order valence-corrected chi connectivity index (χ2v) is 6.75. The Morgan fingerprint density at radius 3 is 2.50 bits per heavy atom. The van der Waals surface area contributed by atoms with E-state index in [2.05, 4.69) is 25.1 Å². The van der Waals surface area contributed by atoms with E-state index in [0.29, 0.717) is 12.2 Å². The maximum Gasteiger partial charge on any atom is 0.311 e. The highest BCUT2D eigenvalue weighted by Crippen LogP contribution is 2.31. The molecule has 2 aromatic carbocycles. The number of hydrogen-bond donors (Lipinski definition) is 0. The molecule has 0 saturated heterocycles. The number of ether oxygens (including phenoxy) is 1. The maximum atomic E-state index is 11.6. The lowest BCUT2D eigenvalue weighted by Crippen LogP contribution is -2.13. The first-order valence-corrected chi connectivity index (χ1v) is 9.12. The van der Waals surface area contributed by atoms with Gasteiger partial charge in [-0.05, 0) is 66.0 Å². The lowest BCUT2D eigenvalue weighted by atomic mass is 9.81. The van der Waals surface area contributed by atoms with Crippen LogP contribution >= 0.6 is 0 Å². The third kappa shape index (κ3) is 3.87. The molecular weight excluding hydrogens is 296 g/mol. The molecule has 0 amide bonds. The van der Waals surface area contributed by atoms with Gasteiger partial charge < -0.3 is 4.74 Å². The summed E-state index contributed by atoms with van der Waals surface area (Å²) in [5.74, 6) is 1.31. The summed E-state index contributed by atoms with van der Waals surface area (Å²) in [4.78, 5) is 11.6. The van der Waals surface area contributed by atoms with Gasteiger partial charge in [0.05, 0.1) is 0 Å². The highest BCUT2D eigenvalue weighted by atomic mass is 16.5. The van der Waals surface area contributed by atoms with Gasteiger partial charge in [-0.2, -0.15) is 0 Å². The first-order chi connectivity index (χ1) is 11.7. The second kappa shape index (κ2) is 7.65. The van der Waals surface area contributed by atoms with E-state index in [-0.39, 0.29) is 5.97 Å². The van der Waals surface area contributed by atoms with Gasteiger partial charge in [-0.1, -0.05) is 50.6 Å². The van der Waals surface area contributed by atoms with E-state index >= 15 is 0 Å². The molecule has 0 bridgehead atoms. The number of carbonyl (C=O) groups is 1. The summed E-state index contributed by atoms with van der Waals surface area (Å²) in [6.45, 7) is 4.27. The van der Waals surface area contributed by atoms with Crippen molar-refractivity contribution in [1.29, 1.82) is 0 Å². The van der Waals surface area contributed by atoms with Crippen molar-refractivity contribution >= 4 is 5.97 Å². The Labute approximate surface area is 144 Å². The van der Waals surface area contributed by atoms with E-state index in [9.17, 15) is 4.79 Å². The molecule has 2 nitrogen and oxygen atoms in total. The molecule has 0 spiro atoms. The quantitative estimate of drug-likeness (QED) is 0.531. The molecule has 0 aliphatic heterocycles. The minimum atomic E-state index is -0.162. The van der Waals surface area contributed by atoms with Crippen LogP contribution in [0.4, 0.5) is 0 Å². The summed E-state index contributed by atoms with van der Waals surface area (Å²) in [5, 5.41) is 0. The topological polar surface area (TPSA) is 26.3 Å². The summed E-state index contributed by atoms with van der Waals surface area (Å²) >= 11 is 0. The summed E-state index contributed by atoms with van der Waals surface area (Å²) in [6.07, 6.45) is 6.27. The molecule has 24 heavy (non-hydrogen) atoms. The molecule has 0 heterocycles. The predicted octanol–water partition coefficient (Wildman–Crippen LogP) is 5.57. The van der Waals surface area contributed by atoms with Crippen LogP contribution in [-0.2, 0) is 17.6 Å². The fraction of sp³-hybridized carbons (Fsp3) is 0.409. The first-order valence-electron chi connectivity index (χ1n) is 9.12. The highest BCUT2D eigenvalue weighted by molar-refractivity contribution is 5.73. The first kappa shape index (κ1) is 16.8. The van der Waals surface area contributed by atoms with E-state index in [1.165, 1.54) is 47.9 Å². The van der Waals surface area contributed by atoms with Crippen LogP contribution in [-0.4, -0.2) is 5.97 Å². The number of esters is 1. The standard InChI is InChI=1S/C22H26O2/c1-3-5-22(23)24-21-12-10-17(11-13-21)19-9-8-18-14-16(4-2)6-7-20(18)15-19/h8-13,15-16H,3-7,14H2,1-2H3. The SMILES string of the molecule is CCCC(=O)Oc1ccc(-c2ccc3c(c2)CCC(CC)C3)cc1. The average molecular weight is 322 g/mol. The van der Waals surface area contributed by atoms with Crippen LogP contribution in [0.25, 0.3) is 11.1 Å². The summed E-state index contributed by atoms with van der Waals surface area (Å²) in [7, 11) is 0. The number of fused-ring (bicyclic) bond motifs is 1. The van der Waals surface area contributed by atoms with Crippen molar-refractivity contribution in [3.8, 4) is 16.9 Å². The molecule has 0 saturated carbocycles. The Bertz CT molecular complexity index is 700. The van der Waals surface area contributed by atoms with Crippen molar-refractivity contribution in [2.24, 2.45) is 5.92 Å². The largest absolute Gasteiger partial charge is 0.427 e. The minimum Gasteiger partial charge on any atom is -0.427 e. The maximum absolute atomic E-state index is 11.6. The Balaban J connectivity index is 1.74. The molecule has 2 aromatic rings. The van der Waals surface area contributed by atoms with Crippen LogP contribution in [0.5, 0.6) is 5.75 Å². The zero-order chi connectivity index (χ0) is 16.9. The average Bonchev–Trinajstić information content (AvgIpc) is 2.61. The van der Waals surface area contributed by atoms with Crippen molar-refractivity contribution in [1.82, 2.24) is 0 Å². The summed E-state index contributed by atoms with van der Waals surface area (Å²) in [5.41, 5.74) is 5.43. The molecule has 0 aromatic heterocycles. The van der Waals surface area contributed by atoms with Gasteiger partial charge in [0.2, 0.25) is 0 Å². The monoisotopic (exact) mass is 322 g/mol. The van der Waals surface area contributed by atoms with Gasteiger partial charge in [-0.15, -0.1) is 0 Å². The summed E-state index contributed by atoms with van der Waals surface area (Å²) < 4.78 is 5.32. The molecule has 0 fully saturated rings. The Morgan fingerprint density at radius 1 is 1.04 bits per heavy atom. The molecule has 0 N–H and O–H groups in total. The molecule has 1 aliphatic carbocycles. The number of aryl methyl sites for hydroxylation is 1. The molecular formula is C22H26O2. The van der Waals surface area contributed by atoms with Crippen molar-refractivity contribution in [3.63, 3.8) is 0 Å². The Hall–Kier alpha value is -2.09. The van der Waals surface area contributed by atoms with Crippen LogP contribution in [0.3, 0.4) is 0 Å². The van der Waals surface area contributed by atoms with E-state index < -0.39 is 0 Å². The van der Waals surface area contributed by atoms with E-state index in [0.717, 1.165) is 12.3 Å². The number of carbonyl (C=O) groups excluding carboxylic acids is 1. The molecule has 0 radical (unpaired) electrons. The van der Waals surface area contributed by atoms with Crippen LogP contribution in [0.1, 0.15) is 50.7 Å². The predicted molar refractivity (Wildman–Crippen MR) is 98.2 cm³/mol. The van der Waals surface area contributed by atoms with Crippen LogP contribution in [0, 0.1) is 5.92 Å². The Kier molecular flexibility index (Phi) is 5.34. The van der Waals surface area contributed by atoms with Gasteiger partial charge in [0.25, 0.3) is 0 Å². The van der Waals surface area contributed by atoms with Crippen LogP contribution in [0.15, 0.2) is 42.5 Å². The highest BCUT2D eigenvalue weighted by Gasteiger charge is 2.17. The van der Waals surface area contributed by atoms with Crippen LogP contribution in [0.2, 0.25) is 0 Å². The lowest BCUT2D eigenvalue weighted by molar-refractivity contribution is -0.134. The normalized spacial score (nSPS) is 16.5.